The maximum atomic E-state index is 12.6. The summed E-state index contributed by atoms with van der Waals surface area (Å²) in [6.07, 6.45) is 0. The Kier molecular flexibility index (Phi) is 3.70. The average molecular weight is 253 g/mol. The summed E-state index contributed by atoms with van der Waals surface area (Å²) in [5, 5.41) is 3.05. The minimum absolute atomic E-state index is 0.0950. The zero-order valence-corrected chi connectivity index (χ0v) is 11.9. The van der Waals surface area contributed by atoms with E-state index >= 15 is 0 Å². The number of anilines is 1. The second kappa shape index (κ2) is 5.27. The summed E-state index contributed by atoms with van der Waals surface area (Å²) < 4.78 is 0. The van der Waals surface area contributed by atoms with Crippen molar-refractivity contribution in [1.29, 1.82) is 0 Å². The van der Waals surface area contributed by atoms with Gasteiger partial charge < -0.3 is 5.32 Å². The number of aryl methyl sites for hydroxylation is 3. The van der Waals surface area contributed by atoms with E-state index in [-0.39, 0.29) is 5.78 Å². The van der Waals surface area contributed by atoms with Crippen molar-refractivity contribution >= 4 is 11.5 Å². The van der Waals surface area contributed by atoms with E-state index in [2.05, 4.69) is 24.4 Å². The number of ketones is 1. The number of benzene rings is 2. The monoisotopic (exact) mass is 253 g/mol. The highest BCUT2D eigenvalue weighted by Crippen LogP contribution is 2.21. The van der Waals surface area contributed by atoms with Crippen LogP contribution in [0, 0.1) is 20.8 Å². The Balaban J connectivity index is 2.44. The number of carbonyl (C=O) groups excluding carboxylic acids is 1. The molecule has 0 amide bonds. The third-order valence-corrected chi connectivity index (χ3v) is 3.34. The van der Waals surface area contributed by atoms with Crippen molar-refractivity contribution in [1.82, 2.24) is 0 Å². The van der Waals surface area contributed by atoms with Crippen molar-refractivity contribution in [2.24, 2.45) is 0 Å². The average Bonchev–Trinajstić information content (AvgIpc) is 2.37. The molecule has 0 atom stereocenters. The van der Waals surface area contributed by atoms with Gasteiger partial charge in [-0.3, -0.25) is 4.79 Å². The number of nitrogens with one attached hydrogen (secondary N) is 1. The summed E-state index contributed by atoms with van der Waals surface area (Å²) >= 11 is 0. The van der Waals surface area contributed by atoms with Crippen molar-refractivity contribution in [2.45, 2.75) is 20.8 Å². The van der Waals surface area contributed by atoms with E-state index in [0.29, 0.717) is 0 Å². The van der Waals surface area contributed by atoms with Gasteiger partial charge in [0.05, 0.1) is 0 Å². The van der Waals surface area contributed by atoms with Crippen LogP contribution in [0.5, 0.6) is 0 Å². The Morgan fingerprint density at radius 1 is 0.947 bits per heavy atom. The first kappa shape index (κ1) is 13.3. The summed E-state index contributed by atoms with van der Waals surface area (Å²) in [6, 6.07) is 11.7. The standard InChI is InChI=1S/C17H19NO/c1-11-9-12(2)16(13(3)10-11)17(19)14-5-7-15(18-4)8-6-14/h5-10,18H,1-4H3. The highest BCUT2D eigenvalue weighted by atomic mass is 16.1. The van der Waals surface area contributed by atoms with Crippen LogP contribution in [0.15, 0.2) is 36.4 Å². The third kappa shape index (κ3) is 2.68. The summed E-state index contributed by atoms with van der Waals surface area (Å²) in [5.41, 5.74) is 5.84. The van der Waals surface area contributed by atoms with Crippen molar-refractivity contribution in [3.63, 3.8) is 0 Å². The lowest BCUT2D eigenvalue weighted by molar-refractivity contribution is 0.103. The van der Waals surface area contributed by atoms with E-state index < -0.39 is 0 Å². The van der Waals surface area contributed by atoms with Gasteiger partial charge in [0.15, 0.2) is 5.78 Å². The minimum Gasteiger partial charge on any atom is -0.388 e. The minimum atomic E-state index is 0.0950. The van der Waals surface area contributed by atoms with Crippen LogP contribution in [0.25, 0.3) is 0 Å². The van der Waals surface area contributed by atoms with Crippen molar-refractivity contribution in [3.8, 4) is 0 Å². The lowest BCUT2D eigenvalue weighted by Crippen LogP contribution is -2.07. The molecule has 0 saturated heterocycles. The number of hydrogen-bond acceptors (Lipinski definition) is 2. The molecular formula is C17H19NO. The van der Waals surface area contributed by atoms with Crippen LogP contribution in [0.1, 0.15) is 32.6 Å². The molecule has 0 aromatic heterocycles. The lowest BCUT2D eigenvalue weighted by Gasteiger charge is -2.11. The fourth-order valence-electron chi connectivity index (χ4n) is 2.47. The molecule has 0 unspecified atom stereocenters. The molecule has 0 saturated carbocycles. The Morgan fingerprint density at radius 3 is 1.95 bits per heavy atom. The molecule has 0 aliphatic rings. The van der Waals surface area contributed by atoms with Crippen LogP contribution in [0.3, 0.4) is 0 Å². The molecule has 0 radical (unpaired) electrons. The topological polar surface area (TPSA) is 29.1 Å². The summed E-state index contributed by atoms with van der Waals surface area (Å²) in [4.78, 5) is 12.6. The Labute approximate surface area is 114 Å². The van der Waals surface area contributed by atoms with E-state index in [1.54, 1.807) is 0 Å². The van der Waals surface area contributed by atoms with Gasteiger partial charge in [-0.05, 0) is 56.2 Å². The number of hydrogen-bond donors (Lipinski definition) is 1. The molecule has 2 rings (SSSR count). The lowest BCUT2D eigenvalue weighted by atomic mass is 9.93. The Bertz CT molecular complexity index is 589. The molecule has 19 heavy (non-hydrogen) atoms. The van der Waals surface area contributed by atoms with Crippen LogP contribution in [-0.2, 0) is 0 Å². The Morgan fingerprint density at radius 2 is 1.47 bits per heavy atom. The smallest absolute Gasteiger partial charge is 0.193 e. The molecule has 2 heteroatoms. The van der Waals surface area contributed by atoms with Gasteiger partial charge >= 0.3 is 0 Å². The van der Waals surface area contributed by atoms with Gasteiger partial charge in [0.2, 0.25) is 0 Å². The van der Waals surface area contributed by atoms with Crippen LogP contribution in [0.4, 0.5) is 5.69 Å². The molecule has 0 aliphatic heterocycles. The molecule has 2 nitrogen and oxygen atoms in total. The van der Waals surface area contributed by atoms with Gasteiger partial charge in [0.1, 0.15) is 0 Å². The van der Waals surface area contributed by atoms with Gasteiger partial charge in [0.25, 0.3) is 0 Å². The zero-order chi connectivity index (χ0) is 14.0. The van der Waals surface area contributed by atoms with Gasteiger partial charge in [-0.2, -0.15) is 0 Å². The molecule has 98 valence electrons. The SMILES string of the molecule is CNc1ccc(C(=O)c2c(C)cc(C)cc2C)cc1. The molecule has 0 bridgehead atoms. The molecule has 0 spiro atoms. The van der Waals surface area contributed by atoms with Crippen molar-refractivity contribution < 1.29 is 4.79 Å². The second-order valence-corrected chi connectivity index (χ2v) is 4.93. The first-order valence-electron chi connectivity index (χ1n) is 6.43. The molecular weight excluding hydrogens is 234 g/mol. The maximum Gasteiger partial charge on any atom is 0.193 e. The van der Waals surface area contributed by atoms with E-state index in [0.717, 1.165) is 27.9 Å². The second-order valence-electron chi connectivity index (χ2n) is 4.93. The van der Waals surface area contributed by atoms with Gasteiger partial charge in [0, 0.05) is 23.9 Å². The van der Waals surface area contributed by atoms with E-state index in [1.165, 1.54) is 5.56 Å². The number of carbonyl (C=O) groups is 1. The van der Waals surface area contributed by atoms with E-state index in [9.17, 15) is 4.79 Å². The normalized spacial score (nSPS) is 10.3. The quantitative estimate of drug-likeness (QED) is 0.841. The fourth-order valence-corrected chi connectivity index (χ4v) is 2.47. The van der Waals surface area contributed by atoms with Crippen LogP contribution < -0.4 is 5.32 Å². The fraction of sp³-hybridized carbons (Fsp3) is 0.235. The van der Waals surface area contributed by atoms with Gasteiger partial charge in [-0.25, -0.2) is 0 Å². The molecule has 0 fully saturated rings. The first-order chi connectivity index (χ1) is 9.02. The first-order valence-corrected chi connectivity index (χ1v) is 6.43. The highest BCUT2D eigenvalue weighted by Gasteiger charge is 2.14. The molecule has 2 aromatic rings. The van der Waals surface area contributed by atoms with Gasteiger partial charge in [-0.1, -0.05) is 17.7 Å². The predicted octanol–water partition coefficient (Wildman–Crippen LogP) is 3.88. The zero-order valence-electron chi connectivity index (χ0n) is 11.9. The van der Waals surface area contributed by atoms with Crippen LogP contribution in [0.2, 0.25) is 0 Å². The van der Waals surface area contributed by atoms with Crippen molar-refractivity contribution in [2.75, 3.05) is 12.4 Å². The maximum absolute atomic E-state index is 12.6. The van der Waals surface area contributed by atoms with E-state index in [4.69, 9.17) is 0 Å². The summed E-state index contributed by atoms with van der Waals surface area (Å²) in [7, 11) is 1.87. The molecule has 2 aromatic carbocycles. The van der Waals surface area contributed by atoms with Crippen LogP contribution in [-0.4, -0.2) is 12.8 Å². The summed E-state index contributed by atoms with van der Waals surface area (Å²) in [6.45, 7) is 6.04. The predicted molar refractivity (Wildman–Crippen MR) is 80.1 cm³/mol. The third-order valence-electron chi connectivity index (χ3n) is 3.34. The van der Waals surface area contributed by atoms with Gasteiger partial charge in [-0.15, -0.1) is 0 Å². The number of rotatable bonds is 3. The Hall–Kier alpha value is -2.09. The molecule has 0 aliphatic carbocycles. The highest BCUT2D eigenvalue weighted by molar-refractivity contribution is 6.11. The van der Waals surface area contributed by atoms with E-state index in [1.807, 2.05) is 45.2 Å². The molecule has 1 N–H and O–H groups in total. The largest absolute Gasteiger partial charge is 0.388 e. The van der Waals surface area contributed by atoms with Crippen LogP contribution >= 0.6 is 0 Å². The molecule has 0 heterocycles. The van der Waals surface area contributed by atoms with Crippen molar-refractivity contribution in [3.05, 3.63) is 64.2 Å². The summed E-state index contributed by atoms with van der Waals surface area (Å²) in [5.74, 6) is 0.0950.